The standard InChI is InChI=1S/C14H15N3S/c1-9-4-2-3-5-11(9)18-13-8-12(15)16-14(17-13)10-6-7-10/h2-5,8,10H,6-7H2,1H3,(H2,15,16,17). The van der Waals surface area contributed by atoms with Gasteiger partial charge in [0.25, 0.3) is 0 Å². The summed E-state index contributed by atoms with van der Waals surface area (Å²) in [5.41, 5.74) is 7.11. The zero-order valence-corrected chi connectivity index (χ0v) is 11.1. The van der Waals surface area contributed by atoms with Crippen LogP contribution in [0.5, 0.6) is 0 Å². The summed E-state index contributed by atoms with van der Waals surface area (Å²) in [6.45, 7) is 2.11. The van der Waals surface area contributed by atoms with Crippen LogP contribution in [0, 0.1) is 6.92 Å². The Balaban J connectivity index is 1.90. The molecule has 92 valence electrons. The molecule has 2 aromatic rings. The van der Waals surface area contributed by atoms with E-state index in [2.05, 4.69) is 29.0 Å². The van der Waals surface area contributed by atoms with Gasteiger partial charge in [-0.05, 0) is 31.4 Å². The van der Waals surface area contributed by atoms with Gasteiger partial charge in [0.2, 0.25) is 0 Å². The predicted octanol–water partition coefficient (Wildman–Crippen LogP) is 3.40. The molecule has 1 aliphatic carbocycles. The lowest BCUT2D eigenvalue weighted by Gasteiger charge is -2.06. The van der Waals surface area contributed by atoms with Crippen LogP contribution < -0.4 is 5.73 Å². The topological polar surface area (TPSA) is 51.8 Å². The Morgan fingerprint density at radius 3 is 2.72 bits per heavy atom. The summed E-state index contributed by atoms with van der Waals surface area (Å²) in [5, 5.41) is 0.943. The van der Waals surface area contributed by atoms with Crippen molar-refractivity contribution in [2.24, 2.45) is 0 Å². The Morgan fingerprint density at radius 1 is 1.22 bits per heavy atom. The van der Waals surface area contributed by atoms with Crippen LogP contribution in [-0.2, 0) is 0 Å². The molecule has 1 aliphatic rings. The molecule has 1 saturated carbocycles. The van der Waals surface area contributed by atoms with Gasteiger partial charge in [-0.1, -0.05) is 30.0 Å². The highest BCUT2D eigenvalue weighted by atomic mass is 32.2. The van der Waals surface area contributed by atoms with Gasteiger partial charge in [0.05, 0.1) is 0 Å². The second-order valence-electron chi connectivity index (χ2n) is 4.63. The van der Waals surface area contributed by atoms with Crippen molar-refractivity contribution in [3.8, 4) is 0 Å². The minimum Gasteiger partial charge on any atom is -0.384 e. The van der Waals surface area contributed by atoms with Crippen LogP contribution >= 0.6 is 11.8 Å². The molecule has 3 rings (SSSR count). The van der Waals surface area contributed by atoms with E-state index in [1.54, 1.807) is 11.8 Å². The number of hydrogen-bond acceptors (Lipinski definition) is 4. The third-order valence-electron chi connectivity index (χ3n) is 2.99. The van der Waals surface area contributed by atoms with Crippen molar-refractivity contribution in [3.63, 3.8) is 0 Å². The molecule has 3 nitrogen and oxygen atoms in total. The van der Waals surface area contributed by atoms with Gasteiger partial charge in [0, 0.05) is 16.9 Å². The Morgan fingerprint density at radius 2 is 2.00 bits per heavy atom. The molecule has 0 unspecified atom stereocenters. The summed E-state index contributed by atoms with van der Waals surface area (Å²) >= 11 is 1.66. The smallest absolute Gasteiger partial charge is 0.135 e. The molecule has 0 aliphatic heterocycles. The number of aryl methyl sites for hydroxylation is 1. The maximum atomic E-state index is 5.85. The van der Waals surface area contributed by atoms with Gasteiger partial charge >= 0.3 is 0 Å². The molecular weight excluding hydrogens is 242 g/mol. The normalized spacial score (nSPS) is 14.7. The molecule has 1 fully saturated rings. The Bertz CT molecular complexity index is 579. The number of nitrogens with zero attached hydrogens (tertiary/aromatic N) is 2. The fourth-order valence-electron chi connectivity index (χ4n) is 1.82. The summed E-state index contributed by atoms with van der Waals surface area (Å²) in [7, 11) is 0. The van der Waals surface area contributed by atoms with E-state index in [-0.39, 0.29) is 0 Å². The van der Waals surface area contributed by atoms with Crippen molar-refractivity contribution in [3.05, 3.63) is 41.7 Å². The average Bonchev–Trinajstić information content (AvgIpc) is 3.15. The van der Waals surface area contributed by atoms with Crippen molar-refractivity contribution < 1.29 is 0 Å². The zero-order valence-electron chi connectivity index (χ0n) is 10.3. The molecule has 1 heterocycles. The third kappa shape index (κ3) is 2.48. The number of rotatable bonds is 3. The van der Waals surface area contributed by atoms with Crippen molar-refractivity contribution >= 4 is 17.6 Å². The number of hydrogen-bond donors (Lipinski definition) is 1. The Hall–Kier alpha value is -1.55. The first-order valence-electron chi connectivity index (χ1n) is 6.10. The summed E-state index contributed by atoms with van der Waals surface area (Å²) in [4.78, 5) is 10.1. The highest BCUT2D eigenvalue weighted by Gasteiger charge is 2.27. The molecule has 0 spiro atoms. The lowest BCUT2D eigenvalue weighted by Crippen LogP contribution is -1.99. The van der Waals surface area contributed by atoms with E-state index in [1.807, 2.05) is 18.2 Å². The van der Waals surface area contributed by atoms with Gasteiger partial charge in [-0.2, -0.15) is 0 Å². The molecule has 0 amide bonds. The molecule has 0 radical (unpaired) electrons. The van der Waals surface area contributed by atoms with Gasteiger partial charge in [-0.15, -0.1) is 0 Å². The van der Waals surface area contributed by atoms with Crippen molar-refractivity contribution in [2.45, 2.75) is 35.6 Å². The second kappa shape index (κ2) is 4.61. The van der Waals surface area contributed by atoms with Crippen LogP contribution in [0.3, 0.4) is 0 Å². The maximum Gasteiger partial charge on any atom is 0.135 e. The fraction of sp³-hybridized carbons (Fsp3) is 0.286. The molecule has 18 heavy (non-hydrogen) atoms. The van der Waals surface area contributed by atoms with Crippen molar-refractivity contribution in [1.82, 2.24) is 9.97 Å². The van der Waals surface area contributed by atoms with Crippen molar-refractivity contribution in [1.29, 1.82) is 0 Å². The molecule has 0 bridgehead atoms. The van der Waals surface area contributed by atoms with E-state index < -0.39 is 0 Å². The van der Waals surface area contributed by atoms with E-state index in [0.717, 1.165) is 10.9 Å². The lowest BCUT2D eigenvalue weighted by atomic mass is 10.2. The van der Waals surface area contributed by atoms with Crippen molar-refractivity contribution in [2.75, 3.05) is 5.73 Å². The molecule has 2 N–H and O–H groups in total. The lowest BCUT2D eigenvalue weighted by molar-refractivity contribution is 0.883. The van der Waals surface area contributed by atoms with Gasteiger partial charge in [-0.25, -0.2) is 9.97 Å². The van der Waals surface area contributed by atoms with E-state index >= 15 is 0 Å². The first-order chi connectivity index (χ1) is 8.72. The molecule has 1 aromatic heterocycles. The van der Waals surface area contributed by atoms with E-state index in [9.17, 15) is 0 Å². The van der Waals surface area contributed by atoms with Gasteiger partial charge in [0.1, 0.15) is 16.7 Å². The first-order valence-corrected chi connectivity index (χ1v) is 6.92. The zero-order chi connectivity index (χ0) is 12.5. The Labute approximate surface area is 111 Å². The quantitative estimate of drug-likeness (QED) is 0.856. The summed E-state index contributed by atoms with van der Waals surface area (Å²) < 4.78 is 0. The van der Waals surface area contributed by atoms with Gasteiger partial charge < -0.3 is 5.73 Å². The second-order valence-corrected chi connectivity index (χ2v) is 5.69. The third-order valence-corrected chi connectivity index (χ3v) is 4.09. The van der Waals surface area contributed by atoms with Crippen LogP contribution in [0.15, 0.2) is 40.3 Å². The van der Waals surface area contributed by atoms with Gasteiger partial charge in [0.15, 0.2) is 0 Å². The summed E-state index contributed by atoms with van der Waals surface area (Å²) in [5.74, 6) is 2.01. The highest BCUT2D eigenvalue weighted by molar-refractivity contribution is 7.99. The van der Waals surface area contributed by atoms with Crippen LogP contribution in [0.4, 0.5) is 5.82 Å². The van der Waals surface area contributed by atoms with E-state index in [1.165, 1.54) is 23.3 Å². The number of nitrogens with two attached hydrogens (primary N) is 1. The molecule has 0 saturated heterocycles. The molecule has 4 heteroatoms. The monoisotopic (exact) mass is 257 g/mol. The SMILES string of the molecule is Cc1ccccc1Sc1cc(N)nc(C2CC2)n1. The number of benzene rings is 1. The fourth-order valence-corrected chi connectivity index (χ4v) is 2.74. The molecular formula is C14H15N3S. The van der Waals surface area contributed by atoms with Crippen LogP contribution in [0.25, 0.3) is 0 Å². The van der Waals surface area contributed by atoms with Crippen LogP contribution in [-0.4, -0.2) is 9.97 Å². The Kier molecular flexibility index (Phi) is 2.96. The molecule has 0 atom stereocenters. The summed E-state index contributed by atoms with van der Waals surface area (Å²) in [6, 6.07) is 10.2. The predicted molar refractivity (Wildman–Crippen MR) is 73.7 cm³/mol. The summed E-state index contributed by atoms with van der Waals surface area (Å²) in [6.07, 6.45) is 2.38. The van der Waals surface area contributed by atoms with Crippen LogP contribution in [0.1, 0.15) is 30.1 Å². The first kappa shape index (κ1) is 11.5. The van der Waals surface area contributed by atoms with E-state index in [0.29, 0.717) is 11.7 Å². The van der Waals surface area contributed by atoms with Crippen LogP contribution in [0.2, 0.25) is 0 Å². The number of aromatic nitrogens is 2. The minimum atomic E-state index is 0.532. The number of anilines is 1. The molecule has 1 aromatic carbocycles. The number of nitrogen functional groups attached to an aromatic ring is 1. The van der Waals surface area contributed by atoms with Gasteiger partial charge in [-0.3, -0.25) is 0 Å². The highest BCUT2D eigenvalue weighted by Crippen LogP contribution is 2.39. The largest absolute Gasteiger partial charge is 0.384 e. The minimum absolute atomic E-state index is 0.532. The average molecular weight is 257 g/mol. The van der Waals surface area contributed by atoms with E-state index in [4.69, 9.17) is 5.73 Å². The maximum absolute atomic E-state index is 5.85.